The molecule has 2 aromatic rings. The average Bonchev–Trinajstić information content (AvgIpc) is 3.05. The smallest absolute Gasteiger partial charge is 0.225 e. The lowest BCUT2D eigenvalue weighted by atomic mass is 9.95. The molecule has 0 saturated carbocycles. The number of hydrogen-bond donors (Lipinski definition) is 0. The fraction of sp³-hybridized carbons (Fsp3) is 0.556. The number of likely N-dealkylation sites (tertiary alicyclic amines) is 1. The summed E-state index contributed by atoms with van der Waals surface area (Å²) in [6.45, 7) is 5.36. The lowest BCUT2D eigenvalue weighted by Gasteiger charge is -2.35. The Morgan fingerprint density at radius 1 is 1.12 bits per heavy atom. The molecule has 0 radical (unpaired) electrons. The zero-order chi connectivity index (χ0) is 16.4. The van der Waals surface area contributed by atoms with Crippen LogP contribution in [0.25, 0.3) is 11.1 Å². The fourth-order valence-electron chi connectivity index (χ4n) is 3.56. The Morgan fingerprint density at radius 2 is 1.88 bits per heavy atom. The fourth-order valence-corrected chi connectivity index (χ4v) is 3.56. The van der Waals surface area contributed by atoms with Crippen LogP contribution in [-0.4, -0.2) is 60.1 Å². The van der Waals surface area contributed by atoms with Gasteiger partial charge in [-0.15, -0.1) is 0 Å². The molecule has 0 aliphatic carbocycles. The quantitative estimate of drug-likeness (QED) is 0.861. The van der Waals surface area contributed by atoms with Crippen LogP contribution in [0.3, 0.4) is 0 Å². The molecule has 3 heterocycles. The molecule has 2 aliphatic heterocycles. The Bertz CT molecular complexity index is 667. The minimum atomic E-state index is 0.156. The maximum absolute atomic E-state index is 12.6. The van der Waals surface area contributed by atoms with Gasteiger partial charge >= 0.3 is 0 Å². The van der Waals surface area contributed by atoms with Gasteiger partial charge in [0.15, 0.2) is 5.58 Å². The van der Waals surface area contributed by atoms with Gasteiger partial charge < -0.3 is 14.1 Å². The second kappa shape index (κ2) is 6.91. The third-order valence-electron chi connectivity index (χ3n) is 4.96. The first-order valence-corrected chi connectivity index (χ1v) is 8.73. The largest absolute Gasteiger partial charge is 0.439 e. The zero-order valence-corrected chi connectivity index (χ0v) is 13.8. The number of carbonyl (C=O) groups is 1. The van der Waals surface area contributed by atoms with E-state index < -0.39 is 0 Å². The van der Waals surface area contributed by atoms with Crippen LogP contribution in [0.5, 0.6) is 0 Å². The monoisotopic (exact) mass is 329 g/mol. The van der Waals surface area contributed by atoms with E-state index in [2.05, 4.69) is 9.88 Å². The van der Waals surface area contributed by atoms with E-state index in [1.165, 1.54) is 0 Å². The Kier molecular flexibility index (Phi) is 4.49. The van der Waals surface area contributed by atoms with Gasteiger partial charge in [0, 0.05) is 19.0 Å². The highest BCUT2D eigenvalue weighted by molar-refractivity contribution is 5.79. The number of para-hydroxylation sites is 2. The van der Waals surface area contributed by atoms with Crippen LogP contribution in [0.15, 0.2) is 28.7 Å². The van der Waals surface area contributed by atoms with Gasteiger partial charge in [0.2, 0.25) is 11.8 Å². The number of ether oxygens (including phenoxy) is 1. The number of nitrogens with zero attached hydrogens (tertiary/aromatic N) is 3. The third-order valence-corrected chi connectivity index (χ3v) is 4.96. The summed E-state index contributed by atoms with van der Waals surface area (Å²) in [5.74, 6) is 1.22. The first-order valence-electron chi connectivity index (χ1n) is 8.73. The highest BCUT2D eigenvalue weighted by Crippen LogP contribution is 2.23. The van der Waals surface area contributed by atoms with E-state index in [-0.39, 0.29) is 5.92 Å². The Hall–Kier alpha value is -1.92. The number of fused-ring (bicyclic) bond motifs is 1. The highest BCUT2D eigenvalue weighted by Gasteiger charge is 2.29. The molecular weight excluding hydrogens is 306 g/mol. The molecule has 4 rings (SSSR count). The second-order valence-electron chi connectivity index (χ2n) is 6.56. The molecule has 1 amide bonds. The van der Waals surface area contributed by atoms with Gasteiger partial charge in [-0.3, -0.25) is 9.69 Å². The van der Waals surface area contributed by atoms with Crippen LogP contribution < -0.4 is 0 Å². The molecule has 1 aromatic heterocycles. The van der Waals surface area contributed by atoms with Crippen LogP contribution in [0, 0.1) is 5.92 Å². The van der Waals surface area contributed by atoms with Crippen molar-refractivity contribution >= 4 is 17.0 Å². The van der Waals surface area contributed by atoms with E-state index in [1.807, 2.05) is 29.2 Å². The van der Waals surface area contributed by atoms with Crippen molar-refractivity contribution < 1.29 is 13.9 Å². The van der Waals surface area contributed by atoms with E-state index in [0.717, 1.165) is 56.0 Å². The number of morpholine rings is 1. The van der Waals surface area contributed by atoms with E-state index in [1.54, 1.807) is 0 Å². The number of hydrogen-bond acceptors (Lipinski definition) is 5. The first-order chi connectivity index (χ1) is 11.8. The summed E-state index contributed by atoms with van der Waals surface area (Å²) in [4.78, 5) is 21.4. The maximum Gasteiger partial charge on any atom is 0.225 e. The Morgan fingerprint density at radius 3 is 2.62 bits per heavy atom. The number of piperidine rings is 1. The van der Waals surface area contributed by atoms with Crippen LogP contribution in [0.4, 0.5) is 0 Å². The summed E-state index contributed by atoms with van der Waals surface area (Å²) >= 11 is 0. The van der Waals surface area contributed by atoms with Crippen LogP contribution in [0.1, 0.15) is 18.7 Å². The van der Waals surface area contributed by atoms with Gasteiger partial charge in [-0.05, 0) is 38.1 Å². The molecule has 2 aliphatic rings. The molecule has 1 aromatic carbocycles. The van der Waals surface area contributed by atoms with E-state index in [9.17, 15) is 4.79 Å². The van der Waals surface area contributed by atoms with Gasteiger partial charge in [0.1, 0.15) is 5.52 Å². The number of amides is 1. The summed E-state index contributed by atoms with van der Waals surface area (Å²) in [6, 6.07) is 7.84. The van der Waals surface area contributed by atoms with Crippen molar-refractivity contribution in [2.45, 2.75) is 19.4 Å². The van der Waals surface area contributed by atoms with Crippen LogP contribution in [-0.2, 0) is 16.1 Å². The van der Waals surface area contributed by atoms with Crippen molar-refractivity contribution in [1.82, 2.24) is 14.8 Å². The maximum atomic E-state index is 12.6. The topological polar surface area (TPSA) is 58.8 Å². The standard InChI is InChI=1S/C18H23N3O3/c22-18(21-9-11-23-12-10-21)14-5-7-20(8-6-14)13-17-19-15-3-1-2-4-16(15)24-17/h1-4,14H,5-13H2. The Balaban J connectivity index is 1.31. The van der Waals surface area contributed by atoms with E-state index >= 15 is 0 Å². The molecule has 0 N–H and O–H groups in total. The van der Waals surface area contributed by atoms with Crippen molar-refractivity contribution in [3.63, 3.8) is 0 Å². The lowest BCUT2D eigenvalue weighted by Crippen LogP contribution is -2.46. The van der Waals surface area contributed by atoms with E-state index in [4.69, 9.17) is 9.15 Å². The molecule has 2 saturated heterocycles. The van der Waals surface area contributed by atoms with Crippen molar-refractivity contribution in [1.29, 1.82) is 0 Å². The molecule has 6 heteroatoms. The van der Waals surface area contributed by atoms with Crippen LogP contribution >= 0.6 is 0 Å². The average molecular weight is 329 g/mol. The molecule has 128 valence electrons. The van der Waals surface area contributed by atoms with Gasteiger partial charge in [0.05, 0.1) is 19.8 Å². The van der Waals surface area contributed by atoms with Gasteiger partial charge in [-0.1, -0.05) is 12.1 Å². The molecular formula is C18H23N3O3. The predicted octanol–water partition coefficient (Wildman–Crippen LogP) is 1.90. The normalized spacial score (nSPS) is 20.6. The minimum Gasteiger partial charge on any atom is -0.439 e. The Labute approximate surface area is 141 Å². The van der Waals surface area contributed by atoms with Gasteiger partial charge in [0.25, 0.3) is 0 Å². The van der Waals surface area contributed by atoms with Crippen LogP contribution in [0.2, 0.25) is 0 Å². The van der Waals surface area contributed by atoms with Crippen molar-refractivity contribution in [3.05, 3.63) is 30.2 Å². The molecule has 0 spiro atoms. The zero-order valence-electron chi connectivity index (χ0n) is 13.8. The second-order valence-corrected chi connectivity index (χ2v) is 6.56. The van der Waals surface area contributed by atoms with Crippen molar-refractivity contribution in [2.24, 2.45) is 5.92 Å². The number of oxazole rings is 1. The molecule has 24 heavy (non-hydrogen) atoms. The number of benzene rings is 1. The summed E-state index contributed by atoms with van der Waals surface area (Å²) < 4.78 is 11.1. The highest BCUT2D eigenvalue weighted by atomic mass is 16.5. The van der Waals surface area contributed by atoms with Gasteiger partial charge in [-0.25, -0.2) is 4.98 Å². The number of carbonyl (C=O) groups excluding carboxylic acids is 1. The third kappa shape index (κ3) is 3.30. The predicted molar refractivity (Wildman–Crippen MR) is 89.4 cm³/mol. The molecule has 0 bridgehead atoms. The van der Waals surface area contributed by atoms with Crippen molar-refractivity contribution in [3.8, 4) is 0 Å². The summed E-state index contributed by atoms with van der Waals surface area (Å²) in [7, 11) is 0. The molecule has 2 fully saturated rings. The molecule has 0 atom stereocenters. The van der Waals surface area contributed by atoms with Crippen molar-refractivity contribution in [2.75, 3.05) is 39.4 Å². The first kappa shape index (κ1) is 15.6. The summed E-state index contributed by atoms with van der Waals surface area (Å²) in [5, 5.41) is 0. The number of rotatable bonds is 3. The van der Waals surface area contributed by atoms with E-state index in [0.29, 0.717) is 25.7 Å². The van der Waals surface area contributed by atoms with Gasteiger partial charge in [-0.2, -0.15) is 0 Å². The molecule has 0 unspecified atom stereocenters. The number of aromatic nitrogens is 1. The summed E-state index contributed by atoms with van der Waals surface area (Å²) in [6.07, 6.45) is 1.83. The SMILES string of the molecule is O=C(C1CCN(Cc2nc3ccccc3o2)CC1)N1CCOCC1. The summed E-state index contributed by atoms with van der Waals surface area (Å²) in [5.41, 5.74) is 1.75. The molecule has 6 nitrogen and oxygen atoms in total. The lowest BCUT2D eigenvalue weighted by molar-refractivity contribution is -0.141. The minimum absolute atomic E-state index is 0.156.